The minimum absolute atomic E-state index is 0.0496. The molecular formula is C16H19F3O3. The summed E-state index contributed by atoms with van der Waals surface area (Å²) >= 11 is 0. The molecule has 122 valence electrons. The molecule has 1 atom stereocenters. The van der Waals surface area contributed by atoms with Gasteiger partial charge in [0.2, 0.25) is 6.10 Å². The SMILES string of the molecule is CCCCC/C=C\C(OC(=O)c1ccc(O)cc1)C(F)(F)F. The number of phenols is 1. The van der Waals surface area contributed by atoms with Gasteiger partial charge in [0.1, 0.15) is 5.75 Å². The zero-order valence-electron chi connectivity index (χ0n) is 12.3. The average Bonchev–Trinajstić information content (AvgIpc) is 2.45. The Balaban J connectivity index is 2.68. The maximum Gasteiger partial charge on any atom is 0.429 e. The van der Waals surface area contributed by atoms with Crippen LogP contribution in [0.15, 0.2) is 36.4 Å². The summed E-state index contributed by atoms with van der Waals surface area (Å²) in [6.45, 7) is 2.00. The molecule has 0 aliphatic heterocycles. The zero-order valence-corrected chi connectivity index (χ0v) is 12.3. The number of benzene rings is 1. The van der Waals surface area contributed by atoms with E-state index >= 15 is 0 Å². The number of phenolic OH excluding ortho intramolecular Hbond substituents is 1. The number of alkyl halides is 3. The number of halogens is 3. The number of carbonyl (C=O) groups excluding carboxylic acids is 1. The Morgan fingerprint density at radius 2 is 1.91 bits per heavy atom. The molecule has 1 rings (SSSR count). The Hall–Kier alpha value is -1.98. The molecule has 1 aromatic rings. The summed E-state index contributed by atoms with van der Waals surface area (Å²) in [6.07, 6.45) is -1.45. The maximum atomic E-state index is 12.9. The van der Waals surface area contributed by atoms with Gasteiger partial charge < -0.3 is 9.84 Å². The van der Waals surface area contributed by atoms with Crippen LogP contribution in [-0.2, 0) is 4.74 Å². The molecule has 0 radical (unpaired) electrons. The van der Waals surface area contributed by atoms with Crippen LogP contribution >= 0.6 is 0 Å². The molecule has 0 amide bonds. The van der Waals surface area contributed by atoms with Gasteiger partial charge in [0.05, 0.1) is 5.56 Å². The third-order valence-corrected chi connectivity index (χ3v) is 2.94. The van der Waals surface area contributed by atoms with E-state index in [2.05, 4.69) is 4.74 Å². The summed E-state index contributed by atoms with van der Waals surface area (Å²) in [5, 5.41) is 9.09. The summed E-state index contributed by atoms with van der Waals surface area (Å²) < 4.78 is 43.1. The fourth-order valence-electron chi connectivity index (χ4n) is 1.73. The number of rotatable bonds is 7. The number of esters is 1. The number of aromatic hydroxyl groups is 1. The first-order valence-electron chi connectivity index (χ1n) is 7.08. The van der Waals surface area contributed by atoms with E-state index in [4.69, 9.17) is 5.11 Å². The molecule has 0 saturated carbocycles. The van der Waals surface area contributed by atoms with Crippen LogP contribution in [0.1, 0.15) is 43.0 Å². The highest BCUT2D eigenvalue weighted by molar-refractivity contribution is 5.89. The van der Waals surface area contributed by atoms with Gasteiger partial charge in [-0.15, -0.1) is 0 Å². The highest BCUT2D eigenvalue weighted by Gasteiger charge is 2.41. The molecule has 0 aliphatic carbocycles. The van der Waals surface area contributed by atoms with E-state index < -0.39 is 18.2 Å². The second-order valence-corrected chi connectivity index (χ2v) is 4.84. The molecule has 0 aliphatic rings. The molecule has 1 aromatic carbocycles. The highest BCUT2D eigenvalue weighted by Crippen LogP contribution is 2.25. The number of hydrogen-bond acceptors (Lipinski definition) is 3. The van der Waals surface area contributed by atoms with E-state index in [1.54, 1.807) is 0 Å². The van der Waals surface area contributed by atoms with E-state index in [0.29, 0.717) is 6.42 Å². The maximum absolute atomic E-state index is 12.9. The number of unbranched alkanes of at least 4 members (excludes halogenated alkanes) is 3. The van der Waals surface area contributed by atoms with Gasteiger partial charge in [-0.05, 0) is 43.2 Å². The molecule has 1 N–H and O–H groups in total. The van der Waals surface area contributed by atoms with E-state index in [-0.39, 0.29) is 11.3 Å². The van der Waals surface area contributed by atoms with Gasteiger partial charge in [0, 0.05) is 0 Å². The second kappa shape index (κ2) is 8.46. The average molecular weight is 316 g/mol. The minimum Gasteiger partial charge on any atom is -0.508 e. The first-order valence-corrected chi connectivity index (χ1v) is 7.08. The van der Waals surface area contributed by atoms with Crippen LogP contribution in [-0.4, -0.2) is 23.4 Å². The predicted octanol–water partition coefficient (Wildman–Crippen LogP) is 4.62. The molecule has 3 nitrogen and oxygen atoms in total. The number of carbonyl (C=O) groups is 1. The number of allylic oxidation sites excluding steroid dienone is 1. The number of ether oxygens (including phenoxy) is 1. The lowest BCUT2D eigenvalue weighted by Crippen LogP contribution is -2.32. The van der Waals surface area contributed by atoms with Crippen molar-refractivity contribution in [3.63, 3.8) is 0 Å². The van der Waals surface area contributed by atoms with Crippen molar-refractivity contribution >= 4 is 5.97 Å². The molecule has 1 unspecified atom stereocenters. The number of hydrogen-bond donors (Lipinski definition) is 1. The Morgan fingerprint density at radius 1 is 1.27 bits per heavy atom. The molecule has 0 heterocycles. The van der Waals surface area contributed by atoms with Crippen molar-refractivity contribution in [2.24, 2.45) is 0 Å². The molecule has 0 saturated heterocycles. The highest BCUT2D eigenvalue weighted by atomic mass is 19.4. The fraction of sp³-hybridized carbons (Fsp3) is 0.438. The predicted molar refractivity (Wildman–Crippen MR) is 76.6 cm³/mol. The Morgan fingerprint density at radius 3 is 2.45 bits per heavy atom. The van der Waals surface area contributed by atoms with Crippen LogP contribution in [0.3, 0.4) is 0 Å². The first-order chi connectivity index (χ1) is 10.3. The van der Waals surface area contributed by atoms with Gasteiger partial charge in [-0.2, -0.15) is 13.2 Å². The standard InChI is InChI=1S/C16H19F3O3/c1-2-3-4-5-6-7-14(16(17,18)19)22-15(21)12-8-10-13(20)11-9-12/h6-11,14,20H,2-5H2,1H3/b7-6-. The zero-order chi connectivity index (χ0) is 16.6. The van der Waals surface area contributed by atoms with Gasteiger partial charge in [-0.1, -0.05) is 25.8 Å². The second-order valence-electron chi connectivity index (χ2n) is 4.84. The lowest BCUT2D eigenvalue weighted by Gasteiger charge is -2.17. The topological polar surface area (TPSA) is 46.5 Å². The lowest BCUT2D eigenvalue weighted by molar-refractivity contribution is -0.189. The monoisotopic (exact) mass is 316 g/mol. The van der Waals surface area contributed by atoms with E-state index in [0.717, 1.165) is 25.3 Å². The molecule has 6 heteroatoms. The Bertz CT molecular complexity index is 492. The van der Waals surface area contributed by atoms with Crippen molar-refractivity contribution in [3.05, 3.63) is 42.0 Å². The van der Waals surface area contributed by atoms with Crippen LogP contribution in [0.25, 0.3) is 0 Å². The van der Waals surface area contributed by atoms with E-state index in [1.165, 1.54) is 30.3 Å². The fourth-order valence-corrected chi connectivity index (χ4v) is 1.73. The van der Waals surface area contributed by atoms with Gasteiger partial charge in [0.15, 0.2) is 0 Å². The molecule has 0 fully saturated rings. The van der Waals surface area contributed by atoms with E-state index in [9.17, 15) is 18.0 Å². The van der Waals surface area contributed by atoms with Crippen molar-refractivity contribution in [3.8, 4) is 5.75 Å². The van der Waals surface area contributed by atoms with Gasteiger partial charge >= 0.3 is 12.1 Å². The van der Waals surface area contributed by atoms with Crippen molar-refractivity contribution in [2.45, 2.75) is 44.9 Å². The summed E-state index contributed by atoms with van der Waals surface area (Å²) in [4.78, 5) is 11.7. The third kappa shape index (κ3) is 6.20. The molecule has 0 aromatic heterocycles. The van der Waals surface area contributed by atoms with Crippen molar-refractivity contribution in [1.82, 2.24) is 0 Å². The lowest BCUT2D eigenvalue weighted by atomic mass is 10.2. The molecule has 0 spiro atoms. The first kappa shape index (κ1) is 18.1. The van der Waals surface area contributed by atoms with Crippen LogP contribution in [0.5, 0.6) is 5.75 Å². The Kier molecular flexibility index (Phi) is 6.95. The quantitative estimate of drug-likeness (QED) is 0.454. The normalized spacial score (nSPS) is 13.3. The largest absolute Gasteiger partial charge is 0.508 e. The summed E-state index contributed by atoms with van der Waals surface area (Å²) in [5.74, 6) is -1.17. The third-order valence-electron chi connectivity index (χ3n) is 2.94. The van der Waals surface area contributed by atoms with Gasteiger partial charge in [-0.25, -0.2) is 4.79 Å². The Labute approximate surface area is 127 Å². The van der Waals surface area contributed by atoms with Crippen molar-refractivity contribution in [1.29, 1.82) is 0 Å². The molecular weight excluding hydrogens is 297 g/mol. The van der Waals surface area contributed by atoms with Gasteiger partial charge in [0.25, 0.3) is 0 Å². The van der Waals surface area contributed by atoms with Crippen LogP contribution in [0.2, 0.25) is 0 Å². The van der Waals surface area contributed by atoms with Crippen molar-refractivity contribution < 1.29 is 27.8 Å². The summed E-state index contributed by atoms with van der Waals surface area (Å²) in [5.41, 5.74) is -0.0496. The van der Waals surface area contributed by atoms with Crippen LogP contribution in [0, 0.1) is 0 Å². The van der Waals surface area contributed by atoms with Crippen molar-refractivity contribution in [2.75, 3.05) is 0 Å². The smallest absolute Gasteiger partial charge is 0.429 e. The minimum atomic E-state index is -4.66. The molecule has 22 heavy (non-hydrogen) atoms. The summed E-state index contributed by atoms with van der Waals surface area (Å²) in [7, 11) is 0. The molecule has 0 bridgehead atoms. The van der Waals surface area contributed by atoms with Gasteiger partial charge in [-0.3, -0.25) is 0 Å². The van der Waals surface area contributed by atoms with Crippen LogP contribution < -0.4 is 0 Å². The van der Waals surface area contributed by atoms with Crippen LogP contribution in [0.4, 0.5) is 13.2 Å². The van der Waals surface area contributed by atoms with E-state index in [1.807, 2.05) is 6.92 Å². The summed E-state index contributed by atoms with van der Waals surface area (Å²) in [6, 6.07) is 4.83.